The number of hydrogen-bond donors (Lipinski definition) is 1. The first-order valence-electron chi connectivity index (χ1n) is 5.27. The lowest BCUT2D eigenvalue weighted by molar-refractivity contribution is -0.131. The van der Waals surface area contributed by atoms with Crippen LogP contribution in [0.1, 0.15) is 12.0 Å². The van der Waals surface area contributed by atoms with Crippen molar-refractivity contribution < 1.29 is 19.4 Å². The molecule has 1 aromatic carbocycles. The maximum Gasteiger partial charge on any atom is 0.327 e. The van der Waals surface area contributed by atoms with Gasteiger partial charge in [-0.3, -0.25) is 0 Å². The highest BCUT2D eigenvalue weighted by atomic mass is 16.5. The summed E-state index contributed by atoms with van der Waals surface area (Å²) in [6.07, 6.45) is 4.20. The predicted octanol–water partition coefficient (Wildman–Crippen LogP) is 2.28. The summed E-state index contributed by atoms with van der Waals surface area (Å²) in [5.41, 5.74) is 1.05. The average Bonchev–Trinajstić information content (AvgIpc) is 2.34. The number of methoxy groups -OCH3 is 2. The first kappa shape index (κ1) is 13.1. The smallest absolute Gasteiger partial charge is 0.327 e. The molecule has 0 unspecified atom stereocenters. The number of carboxylic acids is 1. The lowest BCUT2D eigenvalue weighted by Gasteiger charge is -2.07. The average molecular weight is 236 g/mol. The molecule has 0 fully saturated rings. The summed E-state index contributed by atoms with van der Waals surface area (Å²) >= 11 is 0. The van der Waals surface area contributed by atoms with E-state index in [-0.39, 0.29) is 0 Å². The second-order valence-corrected chi connectivity index (χ2v) is 3.50. The van der Waals surface area contributed by atoms with Crippen LogP contribution in [-0.2, 0) is 11.2 Å². The van der Waals surface area contributed by atoms with Crippen molar-refractivity contribution in [3.63, 3.8) is 0 Å². The van der Waals surface area contributed by atoms with Crippen LogP contribution in [0.3, 0.4) is 0 Å². The van der Waals surface area contributed by atoms with Crippen LogP contribution < -0.4 is 9.47 Å². The van der Waals surface area contributed by atoms with Gasteiger partial charge in [-0.1, -0.05) is 6.08 Å². The van der Waals surface area contributed by atoms with Crippen LogP contribution in [0.2, 0.25) is 0 Å². The van der Waals surface area contributed by atoms with E-state index in [1.807, 2.05) is 12.1 Å². The maximum absolute atomic E-state index is 10.3. The van der Waals surface area contributed by atoms with Gasteiger partial charge in [-0.25, -0.2) is 4.79 Å². The number of rotatable bonds is 6. The summed E-state index contributed by atoms with van der Waals surface area (Å²) in [7, 11) is 3.20. The summed E-state index contributed by atoms with van der Waals surface area (Å²) in [5, 5.41) is 8.45. The summed E-state index contributed by atoms with van der Waals surface area (Å²) < 4.78 is 10.3. The highest BCUT2D eigenvalue weighted by Crippen LogP contribution is 2.23. The van der Waals surface area contributed by atoms with E-state index in [1.54, 1.807) is 26.4 Å². The molecule has 0 amide bonds. The Kier molecular flexibility index (Phi) is 5.07. The van der Waals surface area contributed by atoms with E-state index < -0.39 is 5.97 Å². The zero-order valence-electron chi connectivity index (χ0n) is 9.97. The zero-order chi connectivity index (χ0) is 12.7. The third-order valence-electron chi connectivity index (χ3n) is 2.27. The normalized spacial score (nSPS) is 10.5. The number of carboxylic acid groups (broad SMARTS) is 1. The monoisotopic (exact) mass is 236 g/mol. The third kappa shape index (κ3) is 4.59. The van der Waals surface area contributed by atoms with Gasteiger partial charge in [0.1, 0.15) is 11.5 Å². The van der Waals surface area contributed by atoms with Gasteiger partial charge >= 0.3 is 5.97 Å². The van der Waals surface area contributed by atoms with Crippen molar-refractivity contribution >= 4 is 5.97 Å². The lowest BCUT2D eigenvalue weighted by Crippen LogP contribution is -1.92. The van der Waals surface area contributed by atoms with Gasteiger partial charge in [0.25, 0.3) is 0 Å². The van der Waals surface area contributed by atoms with Crippen LogP contribution in [0, 0.1) is 0 Å². The Morgan fingerprint density at radius 3 is 2.29 bits per heavy atom. The van der Waals surface area contributed by atoms with Crippen LogP contribution in [0.5, 0.6) is 11.5 Å². The van der Waals surface area contributed by atoms with E-state index in [2.05, 4.69) is 0 Å². The largest absolute Gasteiger partial charge is 0.497 e. The molecule has 0 radical (unpaired) electrons. The van der Waals surface area contributed by atoms with E-state index >= 15 is 0 Å². The summed E-state index contributed by atoms with van der Waals surface area (Å²) in [6, 6.07) is 5.63. The van der Waals surface area contributed by atoms with E-state index in [1.165, 1.54) is 0 Å². The second kappa shape index (κ2) is 6.58. The number of ether oxygens (including phenoxy) is 2. The Morgan fingerprint density at radius 2 is 1.82 bits per heavy atom. The van der Waals surface area contributed by atoms with Crippen LogP contribution in [0.15, 0.2) is 30.4 Å². The highest BCUT2D eigenvalue weighted by Gasteiger charge is 2.01. The number of allylic oxidation sites excluding steroid dienone is 1. The van der Waals surface area contributed by atoms with Gasteiger partial charge in [0, 0.05) is 12.1 Å². The molecular weight excluding hydrogens is 220 g/mol. The molecule has 0 atom stereocenters. The summed E-state index contributed by atoms with van der Waals surface area (Å²) in [4.78, 5) is 10.3. The van der Waals surface area contributed by atoms with Gasteiger partial charge in [-0.2, -0.15) is 0 Å². The van der Waals surface area contributed by atoms with Crippen LogP contribution >= 0.6 is 0 Å². The molecule has 0 aliphatic carbocycles. The minimum atomic E-state index is -0.923. The Morgan fingerprint density at radius 1 is 1.24 bits per heavy atom. The van der Waals surface area contributed by atoms with E-state index in [0.717, 1.165) is 29.6 Å². The molecule has 17 heavy (non-hydrogen) atoms. The number of benzene rings is 1. The molecule has 0 spiro atoms. The Hall–Kier alpha value is -1.97. The molecule has 0 saturated heterocycles. The molecule has 0 saturated carbocycles. The minimum Gasteiger partial charge on any atom is -0.497 e. The first-order chi connectivity index (χ1) is 8.15. The molecule has 4 nitrogen and oxygen atoms in total. The SMILES string of the molecule is COc1cc(CC/C=C/C(=O)O)cc(OC)c1. The number of aryl methyl sites for hydroxylation is 1. The molecule has 1 N–H and O–H groups in total. The van der Waals surface area contributed by atoms with Crippen molar-refractivity contribution in [1.29, 1.82) is 0 Å². The highest BCUT2D eigenvalue weighted by molar-refractivity contribution is 5.79. The van der Waals surface area contributed by atoms with E-state index in [4.69, 9.17) is 14.6 Å². The maximum atomic E-state index is 10.3. The van der Waals surface area contributed by atoms with Crippen LogP contribution in [0.25, 0.3) is 0 Å². The molecule has 0 aliphatic heterocycles. The number of carbonyl (C=O) groups is 1. The van der Waals surface area contributed by atoms with Crippen molar-refractivity contribution in [2.75, 3.05) is 14.2 Å². The van der Waals surface area contributed by atoms with Crippen LogP contribution in [-0.4, -0.2) is 25.3 Å². The van der Waals surface area contributed by atoms with Gasteiger partial charge in [-0.15, -0.1) is 0 Å². The Bertz CT molecular complexity index is 388. The standard InChI is InChI=1S/C13H16O4/c1-16-11-7-10(8-12(9-11)17-2)5-3-4-6-13(14)15/h4,6-9H,3,5H2,1-2H3,(H,14,15)/b6-4+. The fourth-order valence-corrected chi connectivity index (χ4v) is 1.44. The molecule has 1 rings (SSSR count). The lowest BCUT2D eigenvalue weighted by atomic mass is 10.1. The van der Waals surface area contributed by atoms with Crippen molar-refractivity contribution in [1.82, 2.24) is 0 Å². The van der Waals surface area contributed by atoms with E-state index in [9.17, 15) is 4.79 Å². The van der Waals surface area contributed by atoms with E-state index in [0.29, 0.717) is 6.42 Å². The Balaban J connectivity index is 2.66. The molecule has 92 valence electrons. The number of hydrogen-bond acceptors (Lipinski definition) is 3. The molecular formula is C13H16O4. The van der Waals surface area contributed by atoms with Gasteiger partial charge < -0.3 is 14.6 Å². The van der Waals surface area contributed by atoms with Crippen molar-refractivity contribution in [3.8, 4) is 11.5 Å². The van der Waals surface area contributed by atoms with Gasteiger partial charge in [-0.05, 0) is 30.5 Å². The summed E-state index contributed by atoms with van der Waals surface area (Å²) in [5.74, 6) is 0.552. The molecule has 0 aromatic heterocycles. The Labute approximate surface area is 100 Å². The van der Waals surface area contributed by atoms with Gasteiger partial charge in [0.05, 0.1) is 14.2 Å². The van der Waals surface area contributed by atoms with Crippen molar-refractivity contribution in [3.05, 3.63) is 35.9 Å². The molecule has 1 aromatic rings. The quantitative estimate of drug-likeness (QED) is 0.770. The van der Waals surface area contributed by atoms with Gasteiger partial charge in [0.2, 0.25) is 0 Å². The minimum absolute atomic E-state index is 0.669. The summed E-state index contributed by atoms with van der Waals surface area (Å²) in [6.45, 7) is 0. The second-order valence-electron chi connectivity index (χ2n) is 3.50. The third-order valence-corrected chi connectivity index (χ3v) is 2.27. The topological polar surface area (TPSA) is 55.8 Å². The van der Waals surface area contributed by atoms with Gasteiger partial charge in [0.15, 0.2) is 0 Å². The predicted molar refractivity (Wildman–Crippen MR) is 64.6 cm³/mol. The first-order valence-corrected chi connectivity index (χ1v) is 5.27. The van der Waals surface area contributed by atoms with Crippen LogP contribution in [0.4, 0.5) is 0 Å². The fraction of sp³-hybridized carbons (Fsp3) is 0.308. The van der Waals surface area contributed by atoms with Crippen molar-refractivity contribution in [2.24, 2.45) is 0 Å². The number of aliphatic carboxylic acids is 1. The molecule has 0 aliphatic rings. The fourth-order valence-electron chi connectivity index (χ4n) is 1.44. The molecule has 4 heteroatoms. The zero-order valence-corrected chi connectivity index (χ0v) is 9.97. The van der Waals surface area contributed by atoms with Crippen molar-refractivity contribution in [2.45, 2.75) is 12.8 Å². The molecule has 0 bridgehead atoms. The molecule has 0 heterocycles.